The maximum absolute atomic E-state index is 13.3. The van der Waals surface area contributed by atoms with Gasteiger partial charge < -0.3 is 19.3 Å². The molecule has 3 heterocycles. The summed E-state index contributed by atoms with van der Waals surface area (Å²) in [6.07, 6.45) is 3.23. The number of furan rings is 1. The van der Waals surface area contributed by atoms with Crippen LogP contribution in [-0.4, -0.2) is 53.9 Å². The van der Waals surface area contributed by atoms with E-state index in [0.29, 0.717) is 24.2 Å². The number of pyridine rings is 1. The van der Waals surface area contributed by atoms with Crippen molar-refractivity contribution in [2.75, 3.05) is 27.2 Å². The Kier molecular flexibility index (Phi) is 4.90. The molecule has 7 nitrogen and oxygen atoms in total. The van der Waals surface area contributed by atoms with E-state index in [2.05, 4.69) is 4.98 Å². The molecule has 29 heavy (non-hydrogen) atoms. The van der Waals surface area contributed by atoms with Crippen LogP contribution in [0, 0.1) is 0 Å². The van der Waals surface area contributed by atoms with Crippen LogP contribution in [0.2, 0.25) is 0 Å². The van der Waals surface area contributed by atoms with Gasteiger partial charge in [0.25, 0.3) is 5.91 Å². The zero-order chi connectivity index (χ0) is 20.5. The molecule has 1 amide bonds. The predicted octanol–water partition coefficient (Wildman–Crippen LogP) is 1.55. The molecule has 1 atom stereocenters. The smallest absolute Gasteiger partial charge is 0.290 e. The molecule has 1 aliphatic rings. The molecule has 0 fully saturated rings. The number of quaternary nitrogens is 1. The molecule has 0 radical (unpaired) electrons. The van der Waals surface area contributed by atoms with Gasteiger partial charge in [-0.05, 0) is 23.8 Å². The van der Waals surface area contributed by atoms with E-state index in [0.717, 1.165) is 10.3 Å². The second-order valence-electron chi connectivity index (χ2n) is 7.38. The van der Waals surface area contributed by atoms with Gasteiger partial charge in [0.1, 0.15) is 5.58 Å². The first kappa shape index (κ1) is 18.9. The highest BCUT2D eigenvalue weighted by atomic mass is 16.3. The maximum atomic E-state index is 13.3. The Morgan fingerprint density at radius 3 is 2.72 bits per heavy atom. The minimum atomic E-state index is -0.712. The number of aromatic nitrogens is 1. The number of para-hydroxylation sites is 1. The van der Waals surface area contributed by atoms with Crippen LogP contribution in [0.4, 0.5) is 0 Å². The lowest BCUT2D eigenvalue weighted by atomic mass is 9.96. The van der Waals surface area contributed by atoms with Crippen LogP contribution < -0.4 is 4.90 Å². The van der Waals surface area contributed by atoms with E-state index in [1.807, 2.05) is 32.3 Å². The highest BCUT2D eigenvalue weighted by Crippen LogP contribution is 2.39. The number of aliphatic hydroxyl groups excluding tert-OH is 1. The summed E-state index contributed by atoms with van der Waals surface area (Å²) in [5.74, 6) is -1.49. The van der Waals surface area contributed by atoms with E-state index in [1.165, 1.54) is 4.90 Å². The number of hydrogen-bond acceptors (Lipinski definition) is 5. The lowest BCUT2D eigenvalue weighted by molar-refractivity contribution is -0.857. The van der Waals surface area contributed by atoms with E-state index < -0.39 is 23.5 Å². The monoisotopic (exact) mass is 392 g/mol. The van der Waals surface area contributed by atoms with E-state index >= 15 is 0 Å². The summed E-state index contributed by atoms with van der Waals surface area (Å²) in [4.78, 5) is 33.0. The predicted molar refractivity (Wildman–Crippen MR) is 107 cm³/mol. The number of nitrogens with one attached hydrogen (secondary N) is 1. The Bertz CT molecular complexity index is 1070. The first-order valence-electron chi connectivity index (χ1n) is 9.43. The zero-order valence-corrected chi connectivity index (χ0v) is 16.3. The third-order valence-corrected chi connectivity index (χ3v) is 5.05. The number of likely N-dealkylation sites (N-methyl/N-ethyl adjacent to an activating group) is 1. The molecule has 0 bridgehead atoms. The average molecular weight is 392 g/mol. The van der Waals surface area contributed by atoms with Crippen molar-refractivity contribution in [1.29, 1.82) is 0 Å². The van der Waals surface area contributed by atoms with E-state index in [1.54, 1.807) is 36.7 Å². The molecule has 2 N–H and O–H groups in total. The molecule has 0 saturated carbocycles. The molecule has 4 rings (SSSR count). The van der Waals surface area contributed by atoms with Crippen LogP contribution in [0.15, 0.2) is 70.6 Å². The molecule has 7 heteroatoms. The van der Waals surface area contributed by atoms with Gasteiger partial charge in [-0.25, -0.2) is 0 Å². The number of nitrogens with zero attached hydrogens (tertiary/aromatic N) is 2. The number of fused-ring (bicyclic) bond motifs is 1. The molecule has 148 valence electrons. The number of amides is 1. The van der Waals surface area contributed by atoms with Crippen LogP contribution >= 0.6 is 0 Å². The zero-order valence-electron chi connectivity index (χ0n) is 16.3. The number of carbonyl (C=O) groups excluding carboxylic acids is 2. The second kappa shape index (κ2) is 7.52. The standard InChI is InChI=1S/C22H21N3O4/c1-24(2)10-11-25-19(15-7-5-9-23-13-15)18(21(27)22(25)28)20(26)17-12-14-6-3-4-8-16(14)29-17/h3-9,12-13,19,27H,10-11H2,1-2H3/p+1/t19-/m0/s1. The van der Waals surface area contributed by atoms with Gasteiger partial charge in [-0.3, -0.25) is 14.6 Å². The van der Waals surface area contributed by atoms with Crippen molar-refractivity contribution >= 4 is 22.7 Å². The van der Waals surface area contributed by atoms with Gasteiger partial charge in [-0.15, -0.1) is 0 Å². The molecule has 2 aromatic heterocycles. The van der Waals surface area contributed by atoms with Gasteiger partial charge in [-0.2, -0.15) is 0 Å². The van der Waals surface area contributed by atoms with Crippen LogP contribution in [0.3, 0.4) is 0 Å². The molecular weight excluding hydrogens is 370 g/mol. The van der Waals surface area contributed by atoms with Crippen LogP contribution in [0.25, 0.3) is 11.0 Å². The van der Waals surface area contributed by atoms with Crippen molar-refractivity contribution in [2.24, 2.45) is 0 Å². The summed E-state index contributed by atoms with van der Waals surface area (Å²) in [5.41, 5.74) is 1.26. The van der Waals surface area contributed by atoms with Crippen LogP contribution in [-0.2, 0) is 4.79 Å². The molecule has 0 saturated heterocycles. The van der Waals surface area contributed by atoms with Gasteiger partial charge >= 0.3 is 0 Å². The maximum Gasteiger partial charge on any atom is 0.290 e. The molecule has 1 aliphatic heterocycles. The number of rotatable bonds is 6. The number of benzene rings is 1. The highest BCUT2D eigenvalue weighted by molar-refractivity contribution is 6.15. The van der Waals surface area contributed by atoms with Crippen molar-refractivity contribution < 1.29 is 24.0 Å². The van der Waals surface area contributed by atoms with Gasteiger partial charge in [0.2, 0.25) is 5.78 Å². The number of hydrogen-bond donors (Lipinski definition) is 2. The number of Topliss-reactive ketones (excluding diaryl/α,β-unsaturated/α-hetero) is 1. The lowest BCUT2D eigenvalue weighted by Crippen LogP contribution is -3.06. The van der Waals surface area contributed by atoms with Gasteiger partial charge in [0, 0.05) is 17.8 Å². The van der Waals surface area contributed by atoms with E-state index in [4.69, 9.17) is 4.42 Å². The number of carbonyl (C=O) groups is 2. The highest BCUT2D eigenvalue weighted by Gasteiger charge is 2.44. The Morgan fingerprint density at radius 2 is 2.03 bits per heavy atom. The van der Waals surface area contributed by atoms with E-state index in [-0.39, 0.29) is 11.3 Å². The first-order chi connectivity index (χ1) is 14.0. The van der Waals surface area contributed by atoms with Crippen molar-refractivity contribution in [3.8, 4) is 0 Å². The fourth-order valence-corrected chi connectivity index (χ4v) is 3.57. The molecule has 0 unspecified atom stereocenters. The number of ketones is 1. The normalized spacial score (nSPS) is 17.0. The summed E-state index contributed by atoms with van der Waals surface area (Å²) in [7, 11) is 3.96. The minimum absolute atomic E-state index is 0.0239. The fourth-order valence-electron chi connectivity index (χ4n) is 3.57. The molecule has 1 aromatic carbocycles. The summed E-state index contributed by atoms with van der Waals surface area (Å²) in [6, 6.07) is 11.7. The average Bonchev–Trinajstić information content (AvgIpc) is 3.26. The van der Waals surface area contributed by atoms with Gasteiger partial charge in [-0.1, -0.05) is 24.3 Å². The molecule has 0 aliphatic carbocycles. The summed E-state index contributed by atoms with van der Waals surface area (Å²) < 4.78 is 5.70. The van der Waals surface area contributed by atoms with Crippen LogP contribution in [0.5, 0.6) is 0 Å². The molecule has 0 spiro atoms. The fraction of sp³-hybridized carbons (Fsp3) is 0.227. The Hall–Kier alpha value is -3.45. The largest absolute Gasteiger partial charge is 0.503 e. The summed E-state index contributed by atoms with van der Waals surface area (Å²) >= 11 is 0. The Balaban J connectivity index is 1.78. The Labute approximate surface area is 167 Å². The van der Waals surface area contributed by atoms with Crippen molar-refractivity contribution in [3.05, 3.63) is 77.5 Å². The third kappa shape index (κ3) is 3.40. The second-order valence-corrected chi connectivity index (χ2v) is 7.38. The molecule has 3 aromatic rings. The van der Waals surface area contributed by atoms with Gasteiger partial charge in [0.05, 0.1) is 38.8 Å². The first-order valence-corrected chi connectivity index (χ1v) is 9.43. The third-order valence-electron chi connectivity index (χ3n) is 5.05. The van der Waals surface area contributed by atoms with E-state index in [9.17, 15) is 14.7 Å². The quantitative estimate of drug-likeness (QED) is 0.622. The summed E-state index contributed by atoms with van der Waals surface area (Å²) in [5, 5.41) is 11.4. The topological polar surface area (TPSA) is 88.1 Å². The number of aliphatic hydroxyl groups is 1. The molecular formula is C22H22N3O4+. The van der Waals surface area contributed by atoms with Crippen molar-refractivity contribution in [1.82, 2.24) is 9.88 Å². The van der Waals surface area contributed by atoms with Crippen molar-refractivity contribution in [3.63, 3.8) is 0 Å². The lowest BCUT2D eigenvalue weighted by Gasteiger charge is -2.26. The van der Waals surface area contributed by atoms with Crippen LogP contribution in [0.1, 0.15) is 22.2 Å². The minimum Gasteiger partial charge on any atom is -0.503 e. The van der Waals surface area contributed by atoms with Crippen molar-refractivity contribution in [2.45, 2.75) is 6.04 Å². The summed E-state index contributed by atoms with van der Waals surface area (Å²) in [6.45, 7) is 1.06. The van der Waals surface area contributed by atoms with Gasteiger partial charge in [0.15, 0.2) is 11.5 Å². The Morgan fingerprint density at radius 1 is 1.24 bits per heavy atom. The SMILES string of the molecule is C[NH+](C)CCN1C(=O)C(O)=C(C(=O)c2cc3ccccc3o2)[C@@H]1c1cccnc1.